The molecule has 7 heteroatoms. The first kappa shape index (κ1) is 15.7. The molecule has 7 nitrogen and oxygen atoms in total. The van der Waals surface area contributed by atoms with E-state index < -0.39 is 18.0 Å². The first-order valence-electron chi connectivity index (χ1n) is 5.30. The summed E-state index contributed by atoms with van der Waals surface area (Å²) in [5.41, 5.74) is 0. The topological polar surface area (TPSA) is 99.1 Å². The molecule has 0 heterocycles. The first-order valence-corrected chi connectivity index (χ1v) is 5.30. The van der Waals surface area contributed by atoms with E-state index in [1.165, 1.54) is 12.0 Å². The zero-order chi connectivity index (χ0) is 13.4. The molecule has 2 atom stereocenters. The van der Waals surface area contributed by atoms with Crippen LogP contribution in [0, 0.1) is 0 Å². The fourth-order valence-corrected chi connectivity index (χ4v) is 1.19. The summed E-state index contributed by atoms with van der Waals surface area (Å²) in [6.07, 6.45) is -0.0203. The van der Waals surface area contributed by atoms with Crippen molar-refractivity contribution in [3.05, 3.63) is 0 Å². The summed E-state index contributed by atoms with van der Waals surface area (Å²) in [6.45, 7) is 1.85. The van der Waals surface area contributed by atoms with Crippen molar-refractivity contribution in [3.63, 3.8) is 0 Å². The van der Waals surface area contributed by atoms with Crippen molar-refractivity contribution in [1.29, 1.82) is 0 Å². The van der Waals surface area contributed by atoms with Crippen LogP contribution in [-0.2, 0) is 9.53 Å². The van der Waals surface area contributed by atoms with Crippen LogP contribution in [0.15, 0.2) is 0 Å². The normalized spacial score (nSPS) is 13.9. The second kappa shape index (κ2) is 7.86. The maximum atomic E-state index is 11.7. The highest BCUT2D eigenvalue weighted by atomic mass is 16.5. The lowest BCUT2D eigenvalue weighted by molar-refractivity contribution is -0.139. The van der Waals surface area contributed by atoms with E-state index in [2.05, 4.69) is 5.32 Å². The number of likely N-dealkylation sites (N-methyl/N-ethyl adjacent to an activating group) is 1. The molecule has 3 N–H and O–H groups in total. The van der Waals surface area contributed by atoms with Gasteiger partial charge < -0.3 is 25.2 Å². The van der Waals surface area contributed by atoms with Gasteiger partial charge in [-0.1, -0.05) is 0 Å². The number of carboxylic acid groups (broad SMARTS) is 1. The smallest absolute Gasteiger partial charge is 0.326 e. The molecule has 0 saturated heterocycles. The largest absolute Gasteiger partial charge is 0.480 e. The molecule has 0 spiro atoms. The number of ether oxygens (including phenoxy) is 1. The molecule has 17 heavy (non-hydrogen) atoms. The highest BCUT2D eigenvalue weighted by molar-refractivity contribution is 5.82. The minimum atomic E-state index is -1.17. The number of urea groups is 1. The van der Waals surface area contributed by atoms with Gasteiger partial charge in [-0.2, -0.15) is 0 Å². The summed E-state index contributed by atoms with van der Waals surface area (Å²) >= 11 is 0. The number of aliphatic carboxylic acids is 1. The molecule has 2 amide bonds. The molecule has 0 bridgehead atoms. The predicted molar refractivity (Wildman–Crippen MR) is 60.8 cm³/mol. The number of methoxy groups -OCH3 is 1. The molecule has 0 aromatic carbocycles. The molecule has 0 saturated carbocycles. The number of hydrogen-bond acceptors (Lipinski definition) is 4. The van der Waals surface area contributed by atoms with E-state index in [0.717, 1.165) is 0 Å². The molecule has 0 aliphatic heterocycles. The van der Waals surface area contributed by atoms with Crippen molar-refractivity contribution in [2.75, 3.05) is 27.4 Å². The summed E-state index contributed by atoms with van der Waals surface area (Å²) in [7, 11) is 3.07. The fraction of sp³-hybridized carbons (Fsp3) is 0.800. The predicted octanol–water partition coefficient (Wildman–Crippen LogP) is -0.502. The molecule has 0 rings (SSSR count). The number of nitrogens with zero attached hydrogens (tertiary/aromatic N) is 1. The Balaban J connectivity index is 4.34. The zero-order valence-corrected chi connectivity index (χ0v) is 10.3. The van der Waals surface area contributed by atoms with Crippen LogP contribution in [0.5, 0.6) is 0 Å². The molecule has 1 unspecified atom stereocenters. The third-order valence-corrected chi connectivity index (χ3v) is 2.40. The van der Waals surface area contributed by atoms with Crippen molar-refractivity contribution < 1.29 is 24.5 Å². The lowest BCUT2D eigenvalue weighted by atomic mass is 10.2. The molecule has 0 aliphatic carbocycles. The number of carbonyl (C=O) groups excluding carboxylic acids is 1. The van der Waals surface area contributed by atoms with Gasteiger partial charge in [-0.05, 0) is 6.92 Å². The summed E-state index contributed by atoms with van der Waals surface area (Å²) in [5.74, 6) is -1.17. The van der Waals surface area contributed by atoms with E-state index >= 15 is 0 Å². The number of rotatable bonds is 7. The maximum absolute atomic E-state index is 11.7. The average Bonchev–Trinajstić information content (AvgIpc) is 2.27. The van der Waals surface area contributed by atoms with Gasteiger partial charge in [0, 0.05) is 27.2 Å². The van der Waals surface area contributed by atoms with E-state index in [-0.39, 0.29) is 19.1 Å². The number of carboxylic acids is 1. The van der Waals surface area contributed by atoms with Crippen LogP contribution < -0.4 is 5.32 Å². The van der Waals surface area contributed by atoms with Crippen LogP contribution >= 0.6 is 0 Å². The first-order chi connectivity index (χ1) is 7.93. The van der Waals surface area contributed by atoms with E-state index in [1.807, 2.05) is 0 Å². The Bertz CT molecular complexity index is 259. The SMILES string of the molecule is COCC(C)N(C)C(=O)N[C@@H](CCO)C(=O)O. The Hall–Kier alpha value is -1.34. The third kappa shape index (κ3) is 5.50. The molecule has 0 aliphatic rings. The molecule has 0 aromatic heterocycles. The van der Waals surface area contributed by atoms with Gasteiger partial charge in [0.05, 0.1) is 12.6 Å². The van der Waals surface area contributed by atoms with Gasteiger partial charge in [0.1, 0.15) is 6.04 Å². The second-order valence-electron chi connectivity index (χ2n) is 3.77. The Labute approximate surface area is 100 Å². The van der Waals surface area contributed by atoms with Crippen molar-refractivity contribution >= 4 is 12.0 Å². The van der Waals surface area contributed by atoms with Crippen LogP contribution in [0.3, 0.4) is 0 Å². The number of aliphatic hydroxyl groups excluding tert-OH is 1. The van der Waals surface area contributed by atoms with Gasteiger partial charge in [-0.3, -0.25) is 0 Å². The molecular weight excluding hydrogens is 228 g/mol. The van der Waals surface area contributed by atoms with Gasteiger partial charge in [0.2, 0.25) is 0 Å². The lowest BCUT2D eigenvalue weighted by Gasteiger charge is -2.26. The van der Waals surface area contributed by atoms with Crippen molar-refractivity contribution in [1.82, 2.24) is 10.2 Å². The zero-order valence-electron chi connectivity index (χ0n) is 10.3. The Kier molecular flexibility index (Phi) is 7.24. The minimum Gasteiger partial charge on any atom is -0.480 e. The molecular formula is C10H20N2O5. The van der Waals surface area contributed by atoms with Crippen molar-refractivity contribution in [2.24, 2.45) is 0 Å². The van der Waals surface area contributed by atoms with Crippen LogP contribution in [-0.4, -0.2) is 66.6 Å². The third-order valence-electron chi connectivity index (χ3n) is 2.40. The Morgan fingerprint density at radius 1 is 1.47 bits per heavy atom. The average molecular weight is 248 g/mol. The highest BCUT2D eigenvalue weighted by Gasteiger charge is 2.23. The van der Waals surface area contributed by atoms with Crippen molar-refractivity contribution in [3.8, 4) is 0 Å². The van der Waals surface area contributed by atoms with Crippen LogP contribution in [0.25, 0.3) is 0 Å². The second-order valence-corrected chi connectivity index (χ2v) is 3.77. The lowest BCUT2D eigenvalue weighted by Crippen LogP contribution is -2.50. The van der Waals surface area contributed by atoms with Crippen LogP contribution in [0.2, 0.25) is 0 Å². The summed E-state index contributed by atoms with van der Waals surface area (Å²) in [5, 5.41) is 19.8. The number of carbonyl (C=O) groups is 2. The van der Waals surface area contributed by atoms with Crippen LogP contribution in [0.4, 0.5) is 4.79 Å². The Morgan fingerprint density at radius 3 is 2.47 bits per heavy atom. The van der Waals surface area contributed by atoms with Crippen LogP contribution in [0.1, 0.15) is 13.3 Å². The van der Waals surface area contributed by atoms with E-state index in [1.54, 1.807) is 14.0 Å². The highest BCUT2D eigenvalue weighted by Crippen LogP contribution is 1.99. The molecule has 0 aromatic rings. The summed E-state index contributed by atoms with van der Waals surface area (Å²) in [6, 6.07) is -1.75. The summed E-state index contributed by atoms with van der Waals surface area (Å²) in [4.78, 5) is 23.8. The van der Waals surface area contributed by atoms with Gasteiger partial charge in [-0.25, -0.2) is 9.59 Å². The monoisotopic (exact) mass is 248 g/mol. The number of aliphatic hydroxyl groups is 1. The minimum absolute atomic E-state index is 0.0203. The maximum Gasteiger partial charge on any atom is 0.326 e. The van der Waals surface area contributed by atoms with Gasteiger partial charge in [-0.15, -0.1) is 0 Å². The van der Waals surface area contributed by atoms with E-state index in [4.69, 9.17) is 14.9 Å². The quantitative estimate of drug-likeness (QED) is 0.564. The van der Waals surface area contributed by atoms with Gasteiger partial charge in [0.15, 0.2) is 0 Å². The number of hydrogen-bond donors (Lipinski definition) is 3. The van der Waals surface area contributed by atoms with E-state index in [0.29, 0.717) is 6.61 Å². The standard InChI is InChI=1S/C10H20N2O5/c1-7(6-17-3)12(2)10(16)11-8(4-5-13)9(14)15/h7-8,13H,4-6H2,1-3H3,(H,11,16)(H,14,15)/t7?,8-/m0/s1. The molecule has 0 radical (unpaired) electrons. The number of nitrogens with one attached hydrogen (secondary N) is 1. The van der Waals surface area contributed by atoms with Gasteiger partial charge in [0.25, 0.3) is 0 Å². The molecule has 0 fully saturated rings. The fourth-order valence-electron chi connectivity index (χ4n) is 1.19. The molecule has 100 valence electrons. The van der Waals surface area contributed by atoms with Gasteiger partial charge >= 0.3 is 12.0 Å². The Morgan fingerprint density at radius 2 is 2.06 bits per heavy atom. The summed E-state index contributed by atoms with van der Waals surface area (Å²) < 4.78 is 4.90. The van der Waals surface area contributed by atoms with E-state index in [9.17, 15) is 9.59 Å². The van der Waals surface area contributed by atoms with Crippen molar-refractivity contribution in [2.45, 2.75) is 25.4 Å². The number of amides is 2.